The monoisotopic (exact) mass is 345 g/mol. The highest BCUT2D eigenvalue weighted by atomic mass is 16.5. The van der Waals surface area contributed by atoms with Gasteiger partial charge in [-0.3, -0.25) is 0 Å². The van der Waals surface area contributed by atoms with Crippen molar-refractivity contribution in [3.8, 4) is 0 Å². The summed E-state index contributed by atoms with van der Waals surface area (Å²) < 4.78 is 5.06. The summed E-state index contributed by atoms with van der Waals surface area (Å²) in [7, 11) is 0. The van der Waals surface area contributed by atoms with E-state index in [1.54, 1.807) is 19.9 Å². The molecule has 0 saturated carbocycles. The Hall–Kier alpha value is -2.64. The van der Waals surface area contributed by atoms with Gasteiger partial charge in [-0.1, -0.05) is 30.3 Å². The molecule has 0 aliphatic heterocycles. The molecule has 1 amide bonds. The predicted molar refractivity (Wildman–Crippen MR) is 93.7 cm³/mol. The number of nitrogens with one attached hydrogen (secondary N) is 1. The minimum atomic E-state index is -1.20. The average Bonchev–Trinajstić information content (AvgIpc) is 2.57. The van der Waals surface area contributed by atoms with Crippen molar-refractivity contribution in [1.82, 2.24) is 10.3 Å². The number of aryl methyl sites for hydroxylation is 2. The fourth-order valence-electron chi connectivity index (χ4n) is 2.58. The average molecular weight is 345 g/mol. The normalized spacial score (nSPS) is 13.1. The molecule has 7 nitrogen and oxygen atoms in total. The lowest BCUT2D eigenvalue weighted by atomic mass is 9.98. The zero-order valence-corrected chi connectivity index (χ0v) is 14.3. The van der Waals surface area contributed by atoms with Crippen molar-refractivity contribution >= 4 is 11.9 Å². The number of ether oxygens (including phenoxy) is 1. The van der Waals surface area contributed by atoms with Crippen molar-refractivity contribution in [3.05, 3.63) is 58.8 Å². The maximum absolute atomic E-state index is 11.7. The second-order valence-corrected chi connectivity index (χ2v) is 5.82. The third-order valence-electron chi connectivity index (χ3n) is 3.80. The summed E-state index contributed by atoms with van der Waals surface area (Å²) in [6.45, 7) is 3.46. The van der Waals surface area contributed by atoms with Crippen molar-refractivity contribution in [2.75, 3.05) is 12.3 Å². The van der Waals surface area contributed by atoms with Gasteiger partial charge in [-0.15, -0.1) is 0 Å². The summed E-state index contributed by atoms with van der Waals surface area (Å²) >= 11 is 0. The molecule has 2 unspecified atom stereocenters. The Kier molecular flexibility index (Phi) is 6.32. The van der Waals surface area contributed by atoms with Crippen LogP contribution in [0.3, 0.4) is 0 Å². The molecule has 0 spiro atoms. The second-order valence-electron chi connectivity index (χ2n) is 5.82. The molecule has 134 valence electrons. The molecule has 2 rings (SSSR count). The standard InChI is InChI=1S/C18H23N3O4/c1-11-8-15(19)21-12(2)16(11)17(23)14(22)9-20-18(24)25-10-13-6-4-3-5-7-13/h3-8,14,17,22-23H,9-10H2,1-2H3,(H2,19,21)(H,20,24). The number of anilines is 1. The van der Waals surface area contributed by atoms with Gasteiger partial charge in [0.05, 0.1) is 0 Å². The second kappa shape index (κ2) is 8.46. The maximum Gasteiger partial charge on any atom is 0.407 e. The van der Waals surface area contributed by atoms with Crippen molar-refractivity contribution in [3.63, 3.8) is 0 Å². The molecule has 0 saturated heterocycles. The van der Waals surface area contributed by atoms with E-state index in [0.29, 0.717) is 17.1 Å². The van der Waals surface area contributed by atoms with E-state index in [4.69, 9.17) is 10.5 Å². The van der Waals surface area contributed by atoms with Crippen LogP contribution in [0.15, 0.2) is 36.4 Å². The van der Waals surface area contributed by atoms with Crippen LogP contribution in [-0.4, -0.2) is 33.9 Å². The number of nitrogen functional groups attached to an aromatic ring is 1. The molecule has 2 atom stereocenters. The Balaban J connectivity index is 1.87. The number of carbonyl (C=O) groups excluding carboxylic acids is 1. The third-order valence-corrected chi connectivity index (χ3v) is 3.80. The first-order valence-corrected chi connectivity index (χ1v) is 7.92. The number of aliphatic hydroxyl groups is 2. The Morgan fingerprint density at radius 1 is 1.28 bits per heavy atom. The quantitative estimate of drug-likeness (QED) is 0.632. The topological polar surface area (TPSA) is 118 Å². The highest BCUT2D eigenvalue weighted by Gasteiger charge is 2.23. The first-order chi connectivity index (χ1) is 11.9. The van der Waals surface area contributed by atoms with E-state index < -0.39 is 18.3 Å². The van der Waals surface area contributed by atoms with Gasteiger partial charge in [-0.25, -0.2) is 9.78 Å². The smallest absolute Gasteiger partial charge is 0.407 e. The number of benzene rings is 1. The SMILES string of the molecule is Cc1cc(N)nc(C)c1C(O)C(O)CNC(=O)OCc1ccccc1. The summed E-state index contributed by atoms with van der Waals surface area (Å²) in [5.74, 6) is 0.350. The number of alkyl carbamates (subject to hydrolysis) is 1. The molecule has 0 radical (unpaired) electrons. The van der Waals surface area contributed by atoms with Gasteiger partial charge >= 0.3 is 6.09 Å². The largest absolute Gasteiger partial charge is 0.445 e. The van der Waals surface area contributed by atoms with E-state index in [2.05, 4.69) is 10.3 Å². The Labute approximate surface area is 146 Å². The number of hydrogen-bond acceptors (Lipinski definition) is 6. The minimum Gasteiger partial charge on any atom is -0.445 e. The van der Waals surface area contributed by atoms with E-state index in [1.807, 2.05) is 30.3 Å². The number of pyridine rings is 1. The summed E-state index contributed by atoms with van der Waals surface area (Å²) in [5, 5.41) is 22.9. The Bertz CT molecular complexity index is 699. The summed E-state index contributed by atoms with van der Waals surface area (Å²) in [6, 6.07) is 10.9. The van der Waals surface area contributed by atoms with Crippen molar-refractivity contribution < 1.29 is 19.7 Å². The van der Waals surface area contributed by atoms with Gasteiger partial charge in [0.1, 0.15) is 24.6 Å². The molecule has 5 N–H and O–H groups in total. The molecule has 0 fully saturated rings. The summed E-state index contributed by atoms with van der Waals surface area (Å²) in [6.07, 6.45) is -3.06. The first kappa shape index (κ1) is 18.7. The fraction of sp³-hybridized carbons (Fsp3) is 0.333. The molecule has 1 aromatic heterocycles. The molecule has 0 aliphatic carbocycles. The molecule has 0 bridgehead atoms. The number of nitrogens with zero attached hydrogens (tertiary/aromatic N) is 1. The molecular weight excluding hydrogens is 322 g/mol. The van der Waals surface area contributed by atoms with Crippen LogP contribution < -0.4 is 11.1 Å². The molecule has 1 heterocycles. The van der Waals surface area contributed by atoms with Gasteiger partial charge in [0, 0.05) is 17.8 Å². The van der Waals surface area contributed by atoms with Gasteiger partial charge < -0.3 is 26.0 Å². The maximum atomic E-state index is 11.7. The molecule has 2 aromatic rings. The molecule has 7 heteroatoms. The highest BCUT2D eigenvalue weighted by Crippen LogP contribution is 2.24. The van der Waals surface area contributed by atoms with E-state index >= 15 is 0 Å². The van der Waals surface area contributed by atoms with Crippen molar-refractivity contribution in [2.24, 2.45) is 0 Å². The van der Waals surface area contributed by atoms with Gasteiger partial charge in [0.2, 0.25) is 0 Å². The number of carbonyl (C=O) groups is 1. The van der Waals surface area contributed by atoms with Crippen molar-refractivity contribution in [2.45, 2.75) is 32.7 Å². The molecular formula is C18H23N3O4. The number of aromatic nitrogens is 1. The third kappa shape index (κ3) is 5.17. The lowest BCUT2D eigenvalue weighted by molar-refractivity contribution is 0.0175. The zero-order valence-electron chi connectivity index (χ0n) is 14.3. The zero-order chi connectivity index (χ0) is 18.4. The van der Waals surface area contributed by atoms with Gasteiger partial charge in [0.25, 0.3) is 0 Å². The van der Waals surface area contributed by atoms with Crippen LogP contribution in [0.25, 0.3) is 0 Å². The van der Waals surface area contributed by atoms with Crippen LogP contribution in [0, 0.1) is 13.8 Å². The van der Waals surface area contributed by atoms with E-state index in [-0.39, 0.29) is 13.2 Å². The number of rotatable bonds is 6. The minimum absolute atomic E-state index is 0.130. The number of nitrogens with two attached hydrogens (primary N) is 1. The van der Waals surface area contributed by atoms with Crippen LogP contribution in [0.1, 0.15) is 28.5 Å². The molecule has 25 heavy (non-hydrogen) atoms. The highest BCUT2D eigenvalue weighted by molar-refractivity contribution is 5.67. The summed E-state index contributed by atoms with van der Waals surface area (Å²) in [5.41, 5.74) is 8.28. The van der Waals surface area contributed by atoms with Crippen LogP contribution >= 0.6 is 0 Å². The number of hydrogen-bond donors (Lipinski definition) is 4. The van der Waals surface area contributed by atoms with Gasteiger partial charge in [-0.2, -0.15) is 0 Å². The van der Waals surface area contributed by atoms with Crippen LogP contribution in [-0.2, 0) is 11.3 Å². The Morgan fingerprint density at radius 3 is 2.60 bits per heavy atom. The number of amides is 1. The van der Waals surface area contributed by atoms with Crippen LogP contribution in [0.2, 0.25) is 0 Å². The molecule has 0 aliphatic rings. The number of aliphatic hydroxyl groups excluding tert-OH is 2. The summed E-state index contributed by atoms with van der Waals surface area (Å²) in [4.78, 5) is 15.8. The predicted octanol–water partition coefficient (Wildman–Crippen LogP) is 1.60. The van der Waals surface area contributed by atoms with E-state index in [1.165, 1.54) is 0 Å². The lowest BCUT2D eigenvalue weighted by Crippen LogP contribution is -2.36. The molecule has 1 aromatic carbocycles. The van der Waals surface area contributed by atoms with Crippen molar-refractivity contribution in [1.29, 1.82) is 0 Å². The Morgan fingerprint density at radius 2 is 1.96 bits per heavy atom. The van der Waals surface area contributed by atoms with Crippen LogP contribution in [0.5, 0.6) is 0 Å². The lowest BCUT2D eigenvalue weighted by Gasteiger charge is -2.21. The van der Waals surface area contributed by atoms with Gasteiger partial charge in [0.15, 0.2) is 0 Å². The first-order valence-electron chi connectivity index (χ1n) is 7.92. The van der Waals surface area contributed by atoms with E-state index in [0.717, 1.165) is 11.1 Å². The van der Waals surface area contributed by atoms with Gasteiger partial charge in [-0.05, 0) is 31.0 Å². The van der Waals surface area contributed by atoms with E-state index in [9.17, 15) is 15.0 Å². The van der Waals surface area contributed by atoms with Crippen LogP contribution in [0.4, 0.5) is 10.6 Å². The fourth-order valence-corrected chi connectivity index (χ4v) is 2.58.